The zero-order valence-electron chi connectivity index (χ0n) is 15.8. The minimum Gasteiger partial charge on any atom is -0.493 e. The SMILES string of the molecule is COc1cc(Br)c2c3c1O[C@H]1CC(O)C=C[C@@]31CCN(C(=O)NC(C)C)C2. The number of ether oxygens (including phenoxy) is 2. The van der Waals surface area contributed by atoms with Gasteiger partial charge in [0, 0.05) is 35.6 Å². The summed E-state index contributed by atoms with van der Waals surface area (Å²) >= 11 is 3.68. The molecule has 7 heteroatoms. The van der Waals surface area contributed by atoms with Gasteiger partial charge in [-0.15, -0.1) is 0 Å². The molecule has 146 valence electrons. The Labute approximate surface area is 167 Å². The first-order valence-electron chi connectivity index (χ1n) is 9.35. The molecule has 3 aliphatic rings. The number of carbonyl (C=O) groups is 1. The van der Waals surface area contributed by atoms with Crippen LogP contribution in [0.25, 0.3) is 0 Å². The van der Waals surface area contributed by atoms with E-state index in [1.807, 2.05) is 30.9 Å². The summed E-state index contributed by atoms with van der Waals surface area (Å²) in [7, 11) is 1.63. The summed E-state index contributed by atoms with van der Waals surface area (Å²) in [4.78, 5) is 14.6. The summed E-state index contributed by atoms with van der Waals surface area (Å²) in [5, 5.41) is 13.1. The average Bonchev–Trinajstić information content (AvgIpc) is 2.82. The number of amides is 2. The summed E-state index contributed by atoms with van der Waals surface area (Å²) < 4.78 is 12.8. The molecule has 0 fully saturated rings. The normalized spacial score (nSPS) is 28.3. The molecule has 6 nitrogen and oxygen atoms in total. The second kappa shape index (κ2) is 6.71. The van der Waals surface area contributed by atoms with Crippen molar-refractivity contribution in [2.75, 3.05) is 13.7 Å². The van der Waals surface area contributed by atoms with E-state index in [9.17, 15) is 9.90 Å². The first-order chi connectivity index (χ1) is 12.9. The minimum absolute atomic E-state index is 0.0601. The highest BCUT2D eigenvalue weighted by Gasteiger charge is 2.53. The van der Waals surface area contributed by atoms with Gasteiger partial charge < -0.3 is 24.8 Å². The molecule has 1 aliphatic carbocycles. The zero-order chi connectivity index (χ0) is 19.3. The number of benzene rings is 1. The van der Waals surface area contributed by atoms with Crippen LogP contribution in [0.3, 0.4) is 0 Å². The Morgan fingerprint density at radius 3 is 3.00 bits per heavy atom. The van der Waals surface area contributed by atoms with Crippen molar-refractivity contribution in [3.63, 3.8) is 0 Å². The Kier molecular flexibility index (Phi) is 4.63. The molecule has 1 aromatic carbocycles. The molecule has 1 unspecified atom stereocenters. The molecule has 2 N–H and O–H groups in total. The lowest BCUT2D eigenvalue weighted by Crippen LogP contribution is -2.45. The third-order valence-corrected chi connectivity index (χ3v) is 6.44. The molecular weight excluding hydrogens is 412 g/mol. The van der Waals surface area contributed by atoms with E-state index >= 15 is 0 Å². The molecule has 2 aliphatic heterocycles. The summed E-state index contributed by atoms with van der Waals surface area (Å²) in [6, 6.07) is 1.93. The van der Waals surface area contributed by atoms with Gasteiger partial charge in [-0.05, 0) is 31.9 Å². The number of aliphatic hydroxyl groups is 1. The monoisotopic (exact) mass is 436 g/mol. The molecule has 2 amide bonds. The van der Waals surface area contributed by atoms with Crippen LogP contribution in [0.2, 0.25) is 0 Å². The zero-order valence-corrected chi connectivity index (χ0v) is 17.4. The van der Waals surface area contributed by atoms with E-state index in [2.05, 4.69) is 27.3 Å². The topological polar surface area (TPSA) is 71.0 Å². The van der Waals surface area contributed by atoms with Crippen molar-refractivity contribution in [2.45, 2.75) is 56.9 Å². The van der Waals surface area contributed by atoms with Crippen molar-refractivity contribution in [3.8, 4) is 11.5 Å². The highest BCUT2D eigenvalue weighted by Crippen LogP contribution is 2.57. The van der Waals surface area contributed by atoms with Crippen LogP contribution in [0.1, 0.15) is 37.8 Å². The number of hydrogen-bond donors (Lipinski definition) is 2. The maximum absolute atomic E-state index is 12.7. The fourth-order valence-electron chi connectivity index (χ4n) is 4.47. The van der Waals surface area contributed by atoms with Gasteiger partial charge >= 0.3 is 6.03 Å². The number of methoxy groups -OCH3 is 1. The molecule has 27 heavy (non-hydrogen) atoms. The predicted molar refractivity (Wildman–Crippen MR) is 105 cm³/mol. The Morgan fingerprint density at radius 1 is 1.52 bits per heavy atom. The fraction of sp³-hybridized carbons (Fsp3) is 0.550. The molecule has 0 radical (unpaired) electrons. The Balaban J connectivity index is 1.84. The summed E-state index contributed by atoms with van der Waals surface area (Å²) in [6.07, 6.45) is 4.53. The molecule has 4 rings (SSSR count). The fourth-order valence-corrected chi connectivity index (χ4v) is 5.00. The van der Waals surface area contributed by atoms with E-state index in [1.165, 1.54) is 0 Å². The maximum atomic E-state index is 12.7. The van der Waals surface area contributed by atoms with E-state index in [0.29, 0.717) is 25.3 Å². The molecule has 2 heterocycles. The van der Waals surface area contributed by atoms with Gasteiger partial charge in [0.25, 0.3) is 0 Å². The minimum atomic E-state index is -0.517. The van der Waals surface area contributed by atoms with Gasteiger partial charge in [0.05, 0.1) is 18.6 Å². The highest BCUT2D eigenvalue weighted by atomic mass is 79.9. The second-order valence-corrected chi connectivity index (χ2v) is 8.68. The number of nitrogens with one attached hydrogen (secondary N) is 1. The maximum Gasteiger partial charge on any atom is 0.317 e. The highest BCUT2D eigenvalue weighted by molar-refractivity contribution is 9.10. The standard InChI is InChI=1S/C20H25BrN2O4/c1-11(2)22-19(25)23-7-6-20-5-4-12(24)8-16(20)27-18-15(26-3)9-14(21)13(10-23)17(18)20/h4-5,9,11-12,16,24H,6-8,10H2,1-3H3,(H,22,25)/t12?,16-,20-/m0/s1. The lowest BCUT2D eigenvalue weighted by atomic mass is 9.69. The number of halogens is 1. The van der Waals surface area contributed by atoms with Crippen LogP contribution in [0, 0.1) is 0 Å². The largest absolute Gasteiger partial charge is 0.493 e. The van der Waals surface area contributed by atoms with Gasteiger partial charge in [-0.1, -0.05) is 28.1 Å². The summed E-state index contributed by atoms with van der Waals surface area (Å²) in [6.45, 7) is 5.03. The summed E-state index contributed by atoms with van der Waals surface area (Å²) in [5.41, 5.74) is 1.78. The van der Waals surface area contributed by atoms with Crippen LogP contribution in [0.5, 0.6) is 11.5 Å². The van der Waals surface area contributed by atoms with Gasteiger partial charge in [-0.2, -0.15) is 0 Å². The molecule has 1 aromatic rings. The molecular formula is C20H25BrN2O4. The Hall–Kier alpha value is -1.73. The molecule has 3 atom stereocenters. The van der Waals surface area contributed by atoms with E-state index in [-0.39, 0.29) is 23.6 Å². The van der Waals surface area contributed by atoms with E-state index < -0.39 is 6.10 Å². The van der Waals surface area contributed by atoms with E-state index in [4.69, 9.17) is 9.47 Å². The molecule has 0 saturated heterocycles. The smallest absolute Gasteiger partial charge is 0.317 e. The van der Waals surface area contributed by atoms with E-state index in [1.54, 1.807) is 7.11 Å². The van der Waals surface area contributed by atoms with Crippen LogP contribution < -0.4 is 14.8 Å². The van der Waals surface area contributed by atoms with Crippen molar-refractivity contribution >= 4 is 22.0 Å². The van der Waals surface area contributed by atoms with Gasteiger partial charge in [-0.3, -0.25) is 0 Å². The Bertz CT molecular complexity index is 810. The van der Waals surface area contributed by atoms with Crippen molar-refractivity contribution in [1.29, 1.82) is 0 Å². The van der Waals surface area contributed by atoms with Crippen molar-refractivity contribution in [1.82, 2.24) is 10.2 Å². The van der Waals surface area contributed by atoms with Crippen LogP contribution >= 0.6 is 15.9 Å². The lowest BCUT2D eigenvalue weighted by Gasteiger charge is -2.35. The molecule has 1 spiro atoms. The lowest BCUT2D eigenvalue weighted by molar-refractivity contribution is 0.0820. The number of aliphatic hydroxyl groups excluding tert-OH is 1. The average molecular weight is 437 g/mol. The predicted octanol–water partition coefficient (Wildman–Crippen LogP) is 3.10. The van der Waals surface area contributed by atoms with Gasteiger partial charge in [0.2, 0.25) is 0 Å². The Morgan fingerprint density at radius 2 is 2.30 bits per heavy atom. The third-order valence-electron chi connectivity index (χ3n) is 5.73. The van der Waals surface area contributed by atoms with Crippen LogP contribution in [0.15, 0.2) is 22.7 Å². The number of hydrogen-bond acceptors (Lipinski definition) is 4. The first-order valence-corrected chi connectivity index (χ1v) is 10.1. The van der Waals surface area contributed by atoms with Crippen LogP contribution in [-0.2, 0) is 12.0 Å². The van der Waals surface area contributed by atoms with E-state index in [0.717, 1.165) is 27.8 Å². The second-order valence-electron chi connectivity index (χ2n) is 7.83. The number of urea groups is 1. The number of carbonyl (C=O) groups excluding carboxylic acids is 1. The van der Waals surface area contributed by atoms with Crippen LogP contribution in [0.4, 0.5) is 4.79 Å². The van der Waals surface area contributed by atoms with Crippen molar-refractivity contribution < 1.29 is 19.4 Å². The number of rotatable bonds is 2. The molecule has 0 saturated carbocycles. The third kappa shape index (κ3) is 2.91. The van der Waals surface area contributed by atoms with Crippen molar-refractivity contribution in [2.24, 2.45) is 0 Å². The van der Waals surface area contributed by atoms with Crippen molar-refractivity contribution in [3.05, 3.63) is 33.8 Å². The van der Waals surface area contributed by atoms with Gasteiger partial charge in [0.1, 0.15) is 6.10 Å². The first kappa shape index (κ1) is 18.6. The summed E-state index contributed by atoms with van der Waals surface area (Å²) in [5.74, 6) is 1.42. The molecule has 0 aromatic heterocycles. The molecule has 0 bridgehead atoms. The number of nitrogens with zero attached hydrogens (tertiary/aromatic N) is 1. The van der Waals surface area contributed by atoms with Gasteiger partial charge in [0.15, 0.2) is 11.5 Å². The quantitative estimate of drug-likeness (QED) is 0.698. The van der Waals surface area contributed by atoms with Gasteiger partial charge in [-0.25, -0.2) is 4.79 Å². The van der Waals surface area contributed by atoms with Crippen LogP contribution in [-0.4, -0.2) is 47.9 Å².